The Kier molecular flexibility index (Phi) is 4.85. The third kappa shape index (κ3) is 3.43. The molecule has 0 aliphatic carbocycles. The molecule has 1 saturated heterocycles. The lowest BCUT2D eigenvalue weighted by Crippen LogP contribution is -2.34. The summed E-state index contributed by atoms with van der Waals surface area (Å²) in [6.07, 6.45) is 6.08. The average molecular weight is 366 g/mol. The van der Waals surface area contributed by atoms with Gasteiger partial charge in [0.25, 0.3) is 5.91 Å². The van der Waals surface area contributed by atoms with Gasteiger partial charge in [-0.2, -0.15) is 0 Å². The molecule has 0 bridgehead atoms. The van der Waals surface area contributed by atoms with Crippen molar-refractivity contribution in [2.75, 3.05) is 19.6 Å². The average Bonchev–Trinajstić information content (AvgIpc) is 3.16. The highest BCUT2D eigenvalue weighted by molar-refractivity contribution is 7.99. The van der Waals surface area contributed by atoms with E-state index in [9.17, 15) is 4.79 Å². The van der Waals surface area contributed by atoms with E-state index >= 15 is 0 Å². The van der Waals surface area contributed by atoms with E-state index in [0.29, 0.717) is 35.2 Å². The minimum atomic E-state index is -0.0462. The van der Waals surface area contributed by atoms with E-state index in [1.54, 1.807) is 18.5 Å². The molecule has 1 atom stereocenters. The second-order valence-corrected chi connectivity index (χ2v) is 7.79. The van der Waals surface area contributed by atoms with Crippen molar-refractivity contribution in [2.45, 2.75) is 23.5 Å². The molecule has 2 aromatic rings. The van der Waals surface area contributed by atoms with Crippen molar-refractivity contribution < 1.29 is 4.79 Å². The van der Waals surface area contributed by atoms with E-state index in [-0.39, 0.29) is 11.3 Å². The van der Waals surface area contributed by atoms with Crippen LogP contribution < -0.4 is 5.73 Å². The lowest BCUT2D eigenvalue weighted by atomic mass is 9.90. The molecule has 0 radical (unpaired) electrons. The van der Waals surface area contributed by atoms with Gasteiger partial charge in [-0.3, -0.25) is 4.79 Å². The van der Waals surface area contributed by atoms with Crippen molar-refractivity contribution in [2.24, 2.45) is 18.2 Å². The first-order chi connectivity index (χ1) is 11.4. The number of carbonyl (C=O) groups excluding carboxylic acids is 1. The number of hydrogen-bond donors (Lipinski definition) is 1. The summed E-state index contributed by atoms with van der Waals surface area (Å²) in [6.45, 7) is 4.07. The second kappa shape index (κ2) is 6.74. The van der Waals surface area contributed by atoms with Crippen molar-refractivity contribution in [3.8, 4) is 0 Å². The third-order valence-electron chi connectivity index (χ3n) is 4.36. The Morgan fingerprint density at radius 3 is 2.88 bits per heavy atom. The van der Waals surface area contributed by atoms with E-state index in [4.69, 9.17) is 17.3 Å². The molecule has 1 fully saturated rings. The molecule has 3 rings (SSSR count). The monoisotopic (exact) mass is 365 g/mol. The summed E-state index contributed by atoms with van der Waals surface area (Å²) >= 11 is 7.69. The van der Waals surface area contributed by atoms with E-state index in [0.717, 1.165) is 11.6 Å². The van der Waals surface area contributed by atoms with Crippen LogP contribution in [0.1, 0.15) is 23.7 Å². The van der Waals surface area contributed by atoms with E-state index in [2.05, 4.69) is 16.9 Å². The van der Waals surface area contributed by atoms with Gasteiger partial charge in [-0.25, -0.2) is 9.97 Å². The predicted octanol–water partition coefficient (Wildman–Crippen LogP) is 2.43. The number of hydrogen-bond acceptors (Lipinski definition) is 5. The number of likely N-dealkylation sites (tertiary alicyclic amines) is 1. The fourth-order valence-corrected chi connectivity index (χ4v) is 3.74. The zero-order valence-electron chi connectivity index (χ0n) is 13.7. The normalized spacial score (nSPS) is 20.6. The van der Waals surface area contributed by atoms with Crippen molar-refractivity contribution in [1.29, 1.82) is 0 Å². The summed E-state index contributed by atoms with van der Waals surface area (Å²) in [6, 6.07) is 1.68. The Labute approximate surface area is 150 Å². The molecule has 2 N–H and O–H groups in total. The summed E-state index contributed by atoms with van der Waals surface area (Å²) < 4.78 is 1.89. The first kappa shape index (κ1) is 17.3. The summed E-state index contributed by atoms with van der Waals surface area (Å²) in [7, 11) is 1.91. The number of halogens is 1. The van der Waals surface area contributed by atoms with Crippen LogP contribution in [0.4, 0.5) is 0 Å². The maximum Gasteiger partial charge on any atom is 0.255 e. The molecule has 0 spiro atoms. The minimum absolute atomic E-state index is 0.000871. The molecule has 3 heterocycles. The molecule has 24 heavy (non-hydrogen) atoms. The second-order valence-electron chi connectivity index (χ2n) is 6.43. The molecule has 0 saturated carbocycles. The standard InChI is InChI=1S/C16H20ClN5OS/c1-16(9-18)3-5-22(10-16)14(23)11-7-12(17)13(20-8-11)24-15-19-4-6-21(15)2/h4,6-8H,3,5,9-10,18H2,1-2H3. The topological polar surface area (TPSA) is 77.0 Å². The maximum atomic E-state index is 12.6. The predicted molar refractivity (Wildman–Crippen MR) is 94.3 cm³/mol. The maximum absolute atomic E-state index is 12.6. The van der Waals surface area contributed by atoms with Gasteiger partial charge in [-0.15, -0.1) is 0 Å². The number of aryl methyl sites for hydroxylation is 1. The number of aromatic nitrogens is 3. The van der Waals surface area contributed by atoms with E-state index in [1.165, 1.54) is 11.8 Å². The molecule has 1 amide bonds. The molecule has 6 nitrogen and oxygen atoms in total. The molecule has 2 aromatic heterocycles. The Hall–Kier alpha value is -1.57. The van der Waals surface area contributed by atoms with Crippen molar-refractivity contribution in [1.82, 2.24) is 19.4 Å². The highest BCUT2D eigenvalue weighted by Crippen LogP contribution is 2.32. The highest BCUT2D eigenvalue weighted by atomic mass is 35.5. The molecule has 1 aliphatic heterocycles. The van der Waals surface area contributed by atoms with Gasteiger partial charge in [0.2, 0.25) is 0 Å². The minimum Gasteiger partial charge on any atom is -0.338 e. The van der Waals surface area contributed by atoms with Crippen LogP contribution in [0.3, 0.4) is 0 Å². The first-order valence-corrected chi connectivity index (χ1v) is 8.91. The van der Waals surface area contributed by atoms with Crippen LogP contribution >= 0.6 is 23.4 Å². The van der Waals surface area contributed by atoms with Crippen molar-refractivity contribution in [3.63, 3.8) is 0 Å². The number of rotatable bonds is 4. The number of amides is 1. The molecule has 8 heteroatoms. The molecule has 0 aromatic carbocycles. The Bertz CT molecular complexity index is 765. The Balaban J connectivity index is 1.75. The highest BCUT2D eigenvalue weighted by Gasteiger charge is 2.35. The van der Waals surface area contributed by atoms with Crippen LogP contribution in [0.5, 0.6) is 0 Å². The van der Waals surface area contributed by atoms with Gasteiger partial charge in [0.15, 0.2) is 5.16 Å². The SMILES string of the molecule is Cn1ccnc1Sc1ncc(C(=O)N2CCC(C)(CN)C2)cc1Cl. The molecular weight excluding hydrogens is 346 g/mol. The van der Waals surface area contributed by atoms with Crippen LogP contribution in [0, 0.1) is 5.41 Å². The Morgan fingerprint density at radius 1 is 1.50 bits per heavy atom. The summed E-state index contributed by atoms with van der Waals surface area (Å²) in [5.74, 6) is -0.0462. The number of imidazole rings is 1. The lowest BCUT2D eigenvalue weighted by Gasteiger charge is -2.22. The summed E-state index contributed by atoms with van der Waals surface area (Å²) in [5.41, 5.74) is 6.31. The van der Waals surface area contributed by atoms with Crippen molar-refractivity contribution >= 4 is 29.3 Å². The van der Waals surface area contributed by atoms with Gasteiger partial charge in [0.1, 0.15) is 5.03 Å². The number of carbonyl (C=O) groups is 1. The third-order valence-corrected chi connectivity index (χ3v) is 5.85. The fraction of sp³-hybridized carbons (Fsp3) is 0.438. The lowest BCUT2D eigenvalue weighted by molar-refractivity contribution is 0.0776. The molecule has 128 valence electrons. The summed E-state index contributed by atoms with van der Waals surface area (Å²) in [4.78, 5) is 23.1. The van der Waals surface area contributed by atoms with Gasteiger partial charge in [0, 0.05) is 38.7 Å². The largest absolute Gasteiger partial charge is 0.338 e. The molecule has 1 aliphatic rings. The van der Waals surface area contributed by atoms with E-state index < -0.39 is 0 Å². The van der Waals surface area contributed by atoms with Gasteiger partial charge in [-0.1, -0.05) is 18.5 Å². The van der Waals surface area contributed by atoms with Crippen LogP contribution in [0.25, 0.3) is 0 Å². The van der Waals surface area contributed by atoms with Gasteiger partial charge >= 0.3 is 0 Å². The quantitative estimate of drug-likeness (QED) is 0.900. The molecular formula is C16H20ClN5OS. The van der Waals surface area contributed by atoms with Crippen LogP contribution in [-0.4, -0.2) is 45.0 Å². The smallest absolute Gasteiger partial charge is 0.255 e. The molecule has 1 unspecified atom stereocenters. The zero-order valence-corrected chi connectivity index (χ0v) is 15.3. The number of pyridine rings is 1. The van der Waals surface area contributed by atoms with E-state index in [1.807, 2.05) is 22.7 Å². The van der Waals surface area contributed by atoms with Gasteiger partial charge in [-0.05, 0) is 36.2 Å². The van der Waals surface area contributed by atoms with Gasteiger partial charge < -0.3 is 15.2 Å². The van der Waals surface area contributed by atoms with Crippen LogP contribution in [-0.2, 0) is 7.05 Å². The van der Waals surface area contributed by atoms with Gasteiger partial charge in [0.05, 0.1) is 10.6 Å². The number of nitrogens with zero attached hydrogens (tertiary/aromatic N) is 4. The first-order valence-electron chi connectivity index (χ1n) is 7.72. The fourth-order valence-electron chi connectivity index (χ4n) is 2.70. The number of nitrogens with two attached hydrogens (primary N) is 1. The van der Waals surface area contributed by atoms with Crippen molar-refractivity contribution in [3.05, 3.63) is 35.2 Å². The van der Waals surface area contributed by atoms with Crippen LogP contribution in [0.2, 0.25) is 5.02 Å². The Morgan fingerprint density at radius 2 is 2.29 bits per heavy atom. The summed E-state index contributed by atoms with van der Waals surface area (Å²) in [5, 5.41) is 1.88. The zero-order chi connectivity index (χ0) is 17.3. The van der Waals surface area contributed by atoms with Crippen LogP contribution in [0.15, 0.2) is 34.8 Å².